The molecule has 0 amide bonds. The number of aliphatic hydroxyl groups is 1. The molecule has 0 atom stereocenters. The molecule has 4 rings (SSSR count). The normalized spacial score (nSPS) is 14.6. The highest BCUT2D eigenvalue weighted by Crippen LogP contribution is 2.37. The number of ether oxygens (including phenoxy) is 1. The van der Waals surface area contributed by atoms with Gasteiger partial charge in [-0.3, -0.25) is 0 Å². The Balaban J connectivity index is 1.63. The van der Waals surface area contributed by atoms with Crippen molar-refractivity contribution in [2.24, 2.45) is 0 Å². The highest BCUT2D eigenvalue weighted by Gasteiger charge is 2.20. The lowest BCUT2D eigenvalue weighted by Gasteiger charge is -2.31. The summed E-state index contributed by atoms with van der Waals surface area (Å²) < 4.78 is 29.9. The van der Waals surface area contributed by atoms with Crippen LogP contribution in [0, 0.1) is 0 Å². The second-order valence-corrected chi connectivity index (χ2v) is 10.6. The average molecular weight is 519 g/mol. The molecule has 2 aromatic carbocycles. The van der Waals surface area contributed by atoms with Crippen LogP contribution < -0.4 is 26.0 Å². The number of benzene rings is 2. The lowest BCUT2D eigenvalue weighted by molar-refractivity contribution is 0.145. The molecule has 0 radical (unpaired) electrons. The molecule has 186 valence electrons. The molecule has 10 nitrogen and oxygen atoms in total. The van der Waals surface area contributed by atoms with E-state index < -0.39 is 9.84 Å². The van der Waals surface area contributed by atoms with E-state index in [0.29, 0.717) is 17.1 Å². The SMILES string of the molecule is COc1cc(N2CCC(O)CC2)ccc1Nc1nc(N)nc(Nc2ccccc2S(C)(=O)=O)c1Cl. The third kappa shape index (κ3) is 5.69. The zero-order valence-electron chi connectivity index (χ0n) is 19.3. The van der Waals surface area contributed by atoms with E-state index in [4.69, 9.17) is 22.1 Å². The molecule has 0 unspecified atom stereocenters. The molecule has 1 aliphatic heterocycles. The van der Waals surface area contributed by atoms with Crippen LogP contribution in [0.4, 0.5) is 34.6 Å². The molecule has 0 aliphatic carbocycles. The smallest absolute Gasteiger partial charge is 0.224 e. The minimum atomic E-state index is -3.49. The van der Waals surface area contributed by atoms with Gasteiger partial charge in [0.05, 0.1) is 29.5 Å². The van der Waals surface area contributed by atoms with Crippen LogP contribution in [0.15, 0.2) is 47.4 Å². The summed E-state index contributed by atoms with van der Waals surface area (Å²) in [6, 6.07) is 12.1. The van der Waals surface area contributed by atoms with Crippen molar-refractivity contribution in [3.8, 4) is 5.75 Å². The van der Waals surface area contributed by atoms with Gasteiger partial charge in [-0.2, -0.15) is 9.97 Å². The summed E-state index contributed by atoms with van der Waals surface area (Å²) in [5.74, 6) is 0.892. The predicted octanol–water partition coefficient (Wildman–Crippen LogP) is 3.57. The number of para-hydroxylation sites is 1. The number of halogens is 1. The van der Waals surface area contributed by atoms with Crippen molar-refractivity contribution < 1.29 is 18.3 Å². The van der Waals surface area contributed by atoms with Crippen LogP contribution in [-0.4, -0.2) is 56.1 Å². The Morgan fingerprint density at radius 2 is 1.71 bits per heavy atom. The number of aliphatic hydroxyl groups excluding tert-OH is 1. The van der Waals surface area contributed by atoms with Gasteiger partial charge in [-0.1, -0.05) is 23.7 Å². The highest BCUT2D eigenvalue weighted by atomic mass is 35.5. The Hall–Kier alpha value is -3.28. The quantitative estimate of drug-likeness (QED) is 0.366. The van der Waals surface area contributed by atoms with Gasteiger partial charge in [0.2, 0.25) is 5.95 Å². The van der Waals surface area contributed by atoms with Crippen LogP contribution >= 0.6 is 11.6 Å². The number of methoxy groups -OCH3 is 1. The first-order valence-corrected chi connectivity index (χ1v) is 13.2. The largest absolute Gasteiger partial charge is 0.494 e. The molecule has 3 aromatic rings. The first kappa shape index (κ1) is 24.8. The minimum Gasteiger partial charge on any atom is -0.494 e. The third-order valence-corrected chi connectivity index (χ3v) is 7.19. The summed E-state index contributed by atoms with van der Waals surface area (Å²) in [6.07, 6.45) is 2.30. The highest BCUT2D eigenvalue weighted by molar-refractivity contribution is 7.90. The molecule has 0 saturated carbocycles. The molecule has 0 spiro atoms. The second kappa shape index (κ2) is 10.1. The van der Waals surface area contributed by atoms with Gasteiger partial charge in [0.1, 0.15) is 10.8 Å². The lowest BCUT2D eigenvalue weighted by Crippen LogP contribution is -2.35. The molecule has 1 aliphatic rings. The van der Waals surface area contributed by atoms with Gasteiger partial charge in [-0.25, -0.2) is 8.42 Å². The van der Waals surface area contributed by atoms with E-state index in [9.17, 15) is 13.5 Å². The maximum Gasteiger partial charge on any atom is 0.224 e. The van der Waals surface area contributed by atoms with E-state index in [0.717, 1.165) is 37.9 Å². The van der Waals surface area contributed by atoms with Crippen LogP contribution in [0.1, 0.15) is 12.8 Å². The molecule has 5 N–H and O–H groups in total. The summed E-state index contributed by atoms with van der Waals surface area (Å²) >= 11 is 6.58. The summed E-state index contributed by atoms with van der Waals surface area (Å²) in [5, 5.41) is 16.0. The maximum absolute atomic E-state index is 12.2. The Labute approximate surface area is 209 Å². The van der Waals surface area contributed by atoms with Gasteiger partial charge >= 0.3 is 0 Å². The fourth-order valence-corrected chi connectivity index (χ4v) is 4.91. The molecule has 2 heterocycles. The van der Waals surface area contributed by atoms with Gasteiger partial charge in [-0.15, -0.1) is 0 Å². The van der Waals surface area contributed by atoms with Crippen molar-refractivity contribution in [1.82, 2.24) is 9.97 Å². The number of piperidine rings is 1. The predicted molar refractivity (Wildman–Crippen MR) is 138 cm³/mol. The fourth-order valence-electron chi connectivity index (χ4n) is 3.88. The standard InChI is InChI=1S/C23H27ClN6O4S/c1-34-18-13-14(30-11-9-15(31)10-12-30)7-8-16(18)26-21-20(24)22(29-23(25)28-21)27-17-5-3-4-6-19(17)35(2,32)33/h3-8,13,15,31H,9-12H2,1-2H3,(H4,25,26,27,28,29). The molecular weight excluding hydrogens is 492 g/mol. The zero-order valence-corrected chi connectivity index (χ0v) is 20.9. The van der Waals surface area contributed by atoms with Gasteiger partial charge < -0.3 is 31.1 Å². The van der Waals surface area contributed by atoms with E-state index in [-0.39, 0.29) is 33.6 Å². The minimum absolute atomic E-state index is 0.0568. The fraction of sp³-hybridized carbons (Fsp3) is 0.304. The summed E-state index contributed by atoms with van der Waals surface area (Å²) in [6.45, 7) is 1.52. The number of sulfone groups is 1. The van der Waals surface area contributed by atoms with E-state index in [1.54, 1.807) is 25.3 Å². The molecule has 0 bridgehead atoms. The monoisotopic (exact) mass is 518 g/mol. The first-order valence-electron chi connectivity index (χ1n) is 10.9. The molecule has 1 aromatic heterocycles. The van der Waals surface area contributed by atoms with E-state index in [1.807, 2.05) is 18.2 Å². The van der Waals surface area contributed by atoms with Crippen molar-refractivity contribution in [2.75, 3.05) is 47.7 Å². The number of nitrogens with one attached hydrogen (secondary N) is 2. The van der Waals surface area contributed by atoms with Gasteiger partial charge in [0.25, 0.3) is 0 Å². The second-order valence-electron chi connectivity index (χ2n) is 8.21. The molecular formula is C23H27ClN6O4S. The van der Waals surface area contributed by atoms with Gasteiger partial charge in [0, 0.05) is 31.1 Å². The van der Waals surface area contributed by atoms with Crippen LogP contribution in [0.25, 0.3) is 0 Å². The Morgan fingerprint density at radius 1 is 1.09 bits per heavy atom. The van der Waals surface area contributed by atoms with Gasteiger partial charge in [-0.05, 0) is 37.1 Å². The van der Waals surface area contributed by atoms with Crippen molar-refractivity contribution >= 4 is 56.1 Å². The maximum atomic E-state index is 12.2. The van der Waals surface area contributed by atoms with Crippen LogP contribution in [0.5, 0.6) is 5.75 Å². The number of nitrogens with zero attached hydrogens (tertiary/aromatic N) is 3. The Bertz CT molecular complexity index is 1330. The topological polar surface area (TPSA) is 143 Å². The van der Waals surface area contributed by atoms with E-state index in [1.165, 1.54) is 6.07 Å². The summed E-state index contributed by atoms with van der Waals surface area (Å²) in [7, 11) is -1.93. The molecule has 12 heteroatoms. The molecule has 1 saturated heterocycles. The van der Waals surface area contributed by atoms with Gasteiger partial charge in [0.15, 0.2) is 21.5 Å². The summed E-state index contributed by atoms with van der Waals surface area (Å²) in [4.78, 5) is 10.6. The van der Waals surface area contributed by atoms with Crippen molar-refractivity contribution in [3.63, 3.8) is 0 Å². The van der Waals surface area contributed by atoms with Crippen molar-refractivity contribution in [3.05, 3.63) is 47.5 Å². The number of hydrogen-bond donors (Lipinski definition) is 4. The number of nitrogen functional groups attached to an aromatic ring is 1. The number of nitrogens with two attached hydrogens (primary N) is 1. The molecule has 1 fully saturated rings. The zero-order chi connectivity index (χ0) is 25.2. The van der Waals surface area contributed by atoms with E-state index in [2.05, 4.69) is 25.5 Å². The molecule has 35 heavy (non-hydrogen) atoms. The van der Waals surface area contributed by atoms with Crippen LogP contribution in [-0.2, 0) is 9.84 Å². The first-order chi connectivity index (χ1) is 16.7. The van der Waals surface area contributed by atoms with Crippen molar-refractivity contribution in [1.29, 1.82) is 0 Å². The Morgan fingerprint density at radius 3 is 2.34 bits per heavy atom. The summed E-state index contributed by atoms with van der Waals surface area (Å²) in [5.41, 5.74) is 7.83. The number of anilines is 6. The van der Waals surface area contributed by atoms with Crippen LogP contribution in [0.2, 0.25) is 5.02 Å². The number of hydrogen-bond acceptors (Lipinski definition) is 10. The van der Waals surface area contributed by atoms with Crippen molar-refractivity contribution in [2.45, 2.75) is 23.8 Å². The van der Waals surface area contributed by atoms with E-state index >= 15 is 0 Å². The third-order valence-electron chi connectivity index (χ3n) is 5.68. The lowest BCUT2D eigenvalue weighted by atomic mass is 10.1. The Kier molecular flexibility index (Phi) is 7.20. The van der Waals surface area contributed by atoms with Crippen LogP contribution in [0.3, 0.4) is 0 Å². The number of aromatic nitrogens is 2. The average Bonchev–Trinajstić information content (AvgIpc) is 2.82. The number of rotatable bonds is 7.